The van der Waals surface area contributed by atoms with Gasteiger partial charge in [0.1, 0.15) is 0 Å². The number of carbonyl (C=O) groups excluding carboxylic acids is 1. The largest absolute Gasteiger partial charge is 0.396 e. The van der Waals surface area contributed by atoms with E-state index in [0.717, 1.165) is 31.5 Å². The molecule has 5 heteroatoms. The minimum Gasteiger partial charge on any atom is -0.396 e. The Morgan fingerprint density at radius 3 is 3.05 bits per heavy atom. The van der Waals surface area contributed by atoms with E-state index >= 15 is 0 Å². The number of anilines is 1. The molecule has 5 nitrogen and oxygen atoms in total. The maximum atomic E-state index is 12.5. The number of rotatable bonds is 4. The van der Waals surface area contributed by atoms with Crippen LogP contribution in [0.15, 0.2) is 18.2 Å². The molecular formula is C14H21N3O2. The molecule has 0 radical (unpaired) electrons. The van der Waals surface area contributed by atoms with Gasteiger partial charge >= 0.3 is 0 Å². The molecule has 19 heavy (non-hydrogen) atoms. The van der Waals surface area contributed by atoms with Gasteiger partial charge in [-0.3, -0.25) is 10.6 Å². The first kappa shape index (κ1) is 13.8. The summed E-state index contributed by atoms with van der Waals surface area (Å²) in [5, 5.41) is 8.95. The molecule has 1 atom stereocenters. The highest BCUT2D eigenvalue weighted by Gasteiger charge is 2.27. The number of likely N-dealkylation sites (tertiary alicyclic amines) is 1. The average Bonchev–Trinajstić information content (AvgIpc) is 2.87. The predicted molar refractivity (Wildman–Crippen MR) is 74.7 cm³/mol. The summed E-state index contributed by atoms with van der Waals surface area (Å²) >= 11 is 0. The van der Waals surface area contributed by atoms with Crippen LogP contribution < -0.4 is 11.3 Å². The van der Waals surface area contributed by atoms with Crippen LogP contribution in [0.2, 0.25) is 0 Å². The molecule has 0 bridgehead atoms. The van der Waals surface area contributed by atoms with Crippen molar-refractivity contribution in [1.82, 2.24) is 4.90 Å². The van der Waals surface area contributed by atoms with E-state index in [2.05, 4.69) is 5.43 Å². The Hall–Kier alpha value is -1.59. The van der Waals surface area contributed by atoms with E-state index in [9.17, 15) is 4.79 Å². The second kappa shape index (κ2) is 6.04. The van der Waals surface area contributed by atoms with Crippen LogP contribution in [0.25, 0.3) is 0 Å². The van der Waals surface area contributed by atoms with Gasteiger partial charge in [-0.2, -0.15) is 0 Å². The molecule has 0 spiro atoms. The number of aryl methyl sites for hydroxylation is 1. The Morgan fingerprint density at radius 1 is 1.58 bits per heavy atom. The molecule has 0 aromatic heterocycles. The van der Waals surface area contributed by atoms with E-state index < -0.39 is 0 Å². The first-order chi connectivity index (χ1) is 9.15. The van der Waals surface area contributed by atoms with Crippen molar-refractivity contribution in [1.29, 1.82) is 0 Å². The van der Waals surface area contributed by atoms with Crippen molar-refractivity contribution >= 4 is 11.6 Å². The third-order valence-corrected chi connectivity index (χ3v) is 3.67. The molecule has 4 N–H and O–H groups in total. The van der Waals surface area contributed by atoms with Gasteiger partial charge in [-0.15, -0.1) is 0 Å². The molecular weight excluding hydrogens is 242 g/mol. The van der Waals surface area contributed by atoms with E-state index in [1.54, 1.807) is 0 Å². The monoisotopic (exact) mass is 263 g/mol. The third kappa shape index (κ3) is 3.05. The zero-order chi connectivity index (χ0) is 13.8. The maximum Gasteiger partial charge on any atom is 0.256 e. The molecule has 0 aliphatic carbocycles. The Bertz CT molecular complexity index is 462. The maximum absolute atomic E-state index is 12.5. The van der Waals surface area contributed by atoms with Crippen LogP contribution in [-0.2, 0) is 0 Å². The van der Waals surface area contributed by atoms with Gasteiger partial charge in [-0.1, -0.05) is 6.07 Å². The minimum atomic E-state index is 0.00777. The summed E-state index contributed by atoms with van der Waals surface area (Å²) in [5.74, 6) is 5.90. The number of nitrogens with zero attached hydrogens (tertiary/aromatic N) is 1. The topological polar surface area (TPSA) is 78.6 Å². The van der Waals surface area contributed by atoms with Gasteiger partial charge in [0.2, 0.25) is 0 Å². The highest BCUT2D eigenvalue weighted by atomic mass is 16.3. The van der Waals surface area contributed by atoms with Crippen LogP contribution >= 0.6 is 0 Å². The molecule has 1 fully saturated rings. The molecule has 1 aliphatic rings. The zero-order valence-corrected chi connectivity index (χ0v) is 11.2. The molecule has 104 valence electrons. The summed E-state index contributed by atoms with van der Waals surface area (Å²) in [7, 11) is 0. The standard InChI is InChI=1S/C14H21N3O2/c1-10-2-3-12(13(8-10)16-15)14(19)17-6-4-11(9-17)5-7-18/h2-3,8,11,16,18H,4-7,9,15H2,1H3. The number of hydrogen-bond donors (Lipinski definition) is 3. The average molecular weight is 263 g/mol. The third-order valence-electron chi connectivity index (χ3n) is 3.67. The summed E-state index contributed by atoms with van der Waals surface area (Å²) < 4.78 is 0. The summed E-state index contributed by atoms with van der Waals surface area (Å²) in [6.45, 7) is 3.62. The lowest BCUT2D eigenvalue weighted by Crippen LogP contribution is -2.30. The van der Waals surface area contributed by atoms with Crippen LogP contribution in [0.4, 0.5) is 5.69 Å². The molecule has 0 saturated carbocycles. The number of aliphatic hydroxyl groups excluding tert-OH is 1. The van der Waals surface area contributed by atoms with Gasteiger partial charge in [0.15, 0.2) is 0 Å². The Kier molecular flexibility index (Phi) is 4.39. The fourth-order valence-electron chi connectivity index (χ4n) is 2.57. The van der Waals surface area contributed by atoms with E-state index in [-0.39, 0.29) is 12.5 Å². The number of nitrogen functional groups attached to an aromatic ring is 1. The van der Waals surface area contributed by atoms with Gasteiger partial charge in [-0.05, 0) is 43.4 Å². The first-order valence-electron chi connectivity index (χ1n) is 6.63. The normalized spacial score (nSPS) is 18.7. The lowest BCUT2D eigenvalue weighted by Gasteiger charge is -2.18. The summed E-state index contributed by atoms with van der Waals surface area (Å²) in [6.07, 6.45) is 1.73. The van der Waals surface area contributed by atoms with Crippen LogP contribution in [0.3, 0.4) is 0 Å². The molecule has 1 aromatic carbocycles. The summed E-state index contributed by atoms with van der Waals surface area (Å²) in [4.78, 5) is 14.3. The molecule has 1 heterocycles. The molecule has 1 unspecified atom stereocenters. The number of hydrogen-bond acceptors (Lipinski definition) is 4. The van der Waals surface area contributed by atoms with Gasteiger partial charge in [0.05, 0.1) is 11.3 Å². The fourth-order valence-corrected chi connectivity index (χ4v) is 2.57. The van der Waals surface area contributed by atoms with Crippen molar-refractivity contribution in [3.8, 4) is 0 Å². The highest BCUT2D eigenvalue weighted by molar-refractivity contribution is 5.99. The lowest BCUT2D eigenvalue weighted by atomic mass is 10.1. The number of amides is 1. The van der Waals surface area contributed by atoms with Crippen molar-refractivity contribution in [3.05, 3.63) is 29.3 Å². The van der Waals surface area contributed by atoms with Gasteiger partial charge < -0.3 is 15.4 Å². The van der Waals surface area contributed by atoms with E-state index in [1.807, 2.05) is 30.0 Å². The number of benzene rings is 1. The number of aliphatic hydroxyl groups is 1. The SMILES string of the molecule is Cc1ccc(C(=O)N2CCC(CCO)C2)c(NN)c1. The van der Waals surface area contributed by atoms with Crippen LogP contribution in [0.1, 0.15) is 28.8 Å². The quantitative estimate of drug-likeness (QED) is 0.562. The zero-order valence-electron chi connectivity index (χ0n) is 11.2. The Morgan fingerprint density at radius 2 is 2.37 bits per heavy atom. The second-order valence-electron chi connectivity index (χ2n) is 5.11. The smallest absolute Gasteiger partial charge is 0.256 e. The first-order valence-corrected chi connectivity index (χ1v) is 6.63. The van der Waals surface area contributed by atoms with Crippen LogP contribution in [-0.4, -0.2) is 35.6 Å². The summed E-state index contributed by atoms with van der Waals surface area (Å²) in [5.41, 5.74) is 4.92. The number of hydrazine groups is 1. The van der Waals surface area contributed by atoms with E-state index in [4.69, 9.17) is 10.9 Å². The molecule has 2 rings (SSSR count). The number of carbonyl (C=O) groups is 1. The molecule has 1 amide bonds. The predicted octanol–water partition coefficient (Wildman–Crippen LogP) is 1.13. The number of nitrogens with one attached hydrogen (secondary N) is 1. The highest BCUT2D eigenvalue weighted by Crippen LogP contribution is 2.24. The second-order valence-corrected chi connectivity index (χ2v) is 5.11. The number of nitrogens with two attached hydrogens (primary N) is 1. The van der Waals surface area contributed by atoms with Gasteiger partial charge in [-0.25, -0.2) is 0 Å². The lowest BCUT2D eigenvalue weighted by molar-refractivity contribution is 0.0785. The molecule has 1 aromatic rings. The van der Waals surface area contributed by atoms with Crippen LogP contribution in [0.5, 0.6) is 0 Å². The van der Waals surface area contributed by atoms with Crippen LogP contribution in [0, 0.1) is 12.8 Å². The fraction of sp³-hybridized carbons (Fsp3) is 0.500. The van der Waals surface area contributed by atoms with E-state index in [0.29, 0.717) is 17.2 Å². The van der Waals surface area contributed by atoms with Crippen molar-refractivity contribution in [2.75, 3.05) is 25.1 Å². The van der Waals surface area contributed by atoms with Crippen molar-refractivity contribution in [3.63, 3.8) is 0 Å². The van der Waals surface area contributed by atoms with Crippen molar-refractivity contribution in [2.45, 2.75) is 19.8 Å². The van der Waals surface area contributed by atoms with Crippen molar-refractivity contribution < 1.29 is 9.90 Å². The van der Waals surface area contributed by atoms with Crippen molar-refractivity contribution in [2.24, 2.45) is 11.8 Å². The Balaban J connectivity index is 2.12. The molecule has 1 saturated heterocycles. The van der Waals surface area contributed by atoms with Gasteiger partial charge in [0.25, 0.3) is 5.91 Å². The minimum absolute atomic E-state index is 0.00777. The Labute approximate surface area is 113 Å². The van der Waals surface area contributed by atoms with E-state index in [1.165, 1.54) is 0 Å². The summed E-state index contributed by atoms with van der Waals surface area (Å²) in [6, 6.07) is 5.59. The molecule has 1 aliphatic heterocycles. The van der Waals surface area contributed by atoms with Gasteiger partial charge in [0, 0.05) is 19.7 Å².